The molecule has 6 heteroatoms. The molecule has 1 aromatic rings. The molecular formula is C11H10N2O4. The second-order valence-electron chi connectivity index (χ2n) is 3.57. The second-order valence-corrected chi connectivity index (χ2v) is 3.57. The van der Waals surface area contributed by atoms with Gasteiger partial charge in [0.25, 0.3) is 0 Å². The lowest BCUT2D eigenvalue weighted by Gasteiger charge is -2.22. The van der Waals surface area contributed by atoms with Crippen LogP contribution in [0.1, 0.15) is 18.4 Å². The molecular weight excluding hydrogens is 224 g/mol. The van der Waals surface area contributed by atoms with Crippen LogP contribution < -0.4 is 0 Å². The topological polar surface area (TPSA) is 111 Å². The monoisotopic (exact) mass is 234 g/mol. The summed E-state index contributed by atoms with van der Waals surface area (Å²) in [6.45, 7) is 0. The minimum absolute atomic E-state index is 0.347. The fourth-order valence-corrected chi connectivity index (χ4v) is 1.60. The molecule has 0 saturated heterocycles. The number of aliphatic carboxylic acids is 2. The maximum Gasteiger partial charge on any atom is 0.305 e. The van der Waals surface area contributed by atoms with Crippen LogP contribution in [-0.4, -0.2) is 27.1 Å². The predicted molar refractivity (Wildman–Crippen MR) is 56.0 cm³/mol. The SMILES string of the molecule is N#CC(CC(=O)O)(CC(=O)O)c1ccncc1. The van der Waals surface area contributed by atoms with Crippen LogP contribution in [0.15, 0.2) is 24.5 Å². The van der Waals surface area contributed by atoms with E-state index in [0.29, 0.717) is 5.56 Å². The Labute approximate surface area is 97.1 Å². The van der Waals surface area contributed by atoms with Crippen molar-refractivity contribution in [3.8, 4) is 6.07 Å². The molecule has 0 fully saturated rings. The summed E-state index contributed by atoms with van der Waals surface area (Å²) in [7, 11) is 0. The Morgan fingerprint density at radius 1 is 1.24 bits per heavy atom. The number of hydrogen-bond donors (Lipinski definition) is 2. The van der Waals surface area contributed by atoms with Gasteiger partial charge in [0.1, 0.15) is 5.41 Å². The van der Waals surface area contributed by atoms with Gasteiger partial charge < -0.3 is 10.2 Å². The molecule has 0 aliphatic carbocycles. The molecule has 0 atom stereocenters. The van der Waals surface area contributed by atoms with Crippen LogP contribution in [0, 0.1) is 11.3 Å². The lowest BCUT2D eigenvalue weighted by atomic mass is 9.76. The van der Waals surface area contributed by atoms with Crippen LogP contribution in [0.4, 0.5) is 0 Å². The average Bonchev–Trinajstić information content (AvgIpc) is 2.28. The zero-order valence-electron chi connectivity index (χ0n) is 8.83. The van der Waals surface area contributed by atoms with Gasteiger partial charge in [-0.3, -0.25) is 14.6 Å². The highest BCUT2D eigenvalue weighted by atomic mass is 16.4. The van der Waals surface area contributed by atoms with Crippen LogP contribution in [0.3, 0.4) is 0 Å². The van der Waals surface area contributed by atoms with E-state index >= 15 is 0 Å². The summed E-state index contributed by atoms with van der Waals surface area (Å²) < 4.78 is 0. The number of carbonyl (C=O) groups is 2. The van der Waals surface area contributed by atoms with Crippen molar-refractivity contribution in [2.75, 3.05) is 0 Å². The summed E-state index contributed by atoms with van der Waals surface area (Å²) in [4.78, 5) is 25.3. The van der Waals surface area contributed by atoms with E-state index in [2.05, 4.69) is 4.98 Å². The van der Waals surface area contributed by atoms with Crippen molar-refractivity contribution in [1.82, 2.24) is 4.98 Å². The van der Waals surface area contributed by atoms with E-state index in [1.165, 1.54) is 24.5 Å². The number of carboxylic acid groups (broad SMARTS) is 2. The van der Waals surface area contributed by atoms with Gasteiger partial charge in [-0.25, -0.2) is 0 Å². The second kappa shape index (κ2) is 5.07. The summed E-state index contributed by atoms with van der Waals surface area (Å²) in [5.41, 5.74) is -1.21. The smallest absolute Gasteiger partial charge is 0.305 e. The summed E-state index contributed by atoms with van der Waals surface area (Å²) in [6.07, 6.45) is 1.68. The minimum atomic E-state index is -1.55. The molecule has 0 amide bonds. The van der Waals surface area contributed by atoms with Crippen molar-refractivity contribution < 1.29 is 19.8 Å². The fourth-order valence-electron chi connectivity index (χ4n) is 1.60. The van der Waals surface area contributed by atoms with Gasteiger partial charge in [0.15, 0.2) is 0 Å². The molecule has 0 aliphatic rings. The number of carboxylic acids is 2. The van der Waals surface area contributed by atoms with E-state index < -0.39 is 30.2 Å². The normalized spacial score (nSPS) is 10.5. The Morgan fingerprint density at radius 3 is 2.06 bits per heavy atom. The first-order chi connectivity index (χ1) is 8.00. The Hall–Kier alpha value is -2.42. The summed E-state index contributed by atoms with van der Waals surface area (Å²) in [5.74, 6) is -2.44. The van der Waals surface area contributed by atoms with Gasteiger partial charge in [0.05, 0.1) is 18.9 Å². The predicted octanol–water partition coefficient (Wildman–Crippen LogP) is 0.792. The van der Waals surface area contributed by atoms with Crippen LogP contribution in [-0.2, 0) is 15.0 Å². The third-order valence-electron chi connectivity index (χ3n) is 2.35. The molecule has 0 aliphatic heterocycles. The summed E-state index contributed by atoms with van der Waals surface area (Å²) in [5, 5.41) is 26.7. The Balaban J connectivity index is 3.21. The number of nitrogens with zero attached hydrogens (tertiary/aromatic N) is 2. The number of pyridine rings is 1. The molecule has 1 heterocycles. The molecule has 2 N–H and O–H groups in total. The molecule has 1 aromatic heterocycles. The van der Waals surface area contributed by atoms with Crippen molar-refractivity contribution in [2.45, 2.75) is 18.3 Å². The Morgan fingerprint density at radius 2 is 1.71 bits per heavy atom. The van der Waals surface area contributed by atoms with Gasteiger partial charge in [-0.15, -0.1) is 0 Å². The van der Waals surface area contributed by atoms with Crippen molar-refractivity contribution in [3.05, 3.63) is 30.1 Å². The largest absolute Gasteiger partial charge is 0.481 e. The van der Waals surface area contributed by atoms with Gasteiger partial charge in [-0.2, -0.15) is 5.26 Å². The minimum Gasteiger partial charge on any atom is -0.481 e. The highest BCUT2D eigenvalue weighted by molar-refractivity contribution is 5.75. The van der Waals surface area contributed by atoms with Crippen molar-refractivity contribution in [3.63, 3.8) is 0 Å². The fraction of sp³-hybridized carbons (Fsp3) is 0.273. The average molecular weight is 234 g/mol. The number of aromatic nitrogens is 1. The molecule has 0 spiro atoms. The van der Waals surface area contributed by atoms with Gasteiger partial charge in [0.2, 0.25) is 0 Å². The Kier molecular flexibility index (Phi) is 3.78. The van der Waals surface area contributed by atoms with E-state index in [1.54, 1.807) is 6.07 Å². The van der Waals surface area contributed by atoms with Crippen LogP contribution in [0.25, 0.3) is 0 Å². The molecule has 88 valence electrons. The number of nitriles is 1. The van der Waals surface area contributed by atoms with Gasteiger partial charge in [-0.05, 0) is 17.7 Å². The van der Waals surface area contributed by atoms with Gasteiger partial charge in [-0.1, -0.05) is 0 Å². The maximum absolute atomic E-state index is 10.8. The van der Waals surface area contributed by atoms with Gasteiger partial charge >= 0.3 is 11.9 Å². The molecule has 0 saturated carbocycles. The van der Waals surface area contributed by atoms with Crippen LogP contribution in [0.5, 0.6) is 0 Å². The van der Waals surface area contributed by atoms with E-state index in [0.717, 1.165) is 0 Å². The van der Waals surface area contributed by atoms with E-state index in [4.69, 9.17) is 15.5 Å². The number of hydrogen-bond acceptors (Lipinski definition) is 4. The lowest BCUT2D eigenvalue weighted by molar-refractivity contribution is -0.140. The first-order valence-electron chi connectivity index (χ1n) is 4.75. The summed E-state index contributed by atoms with van der Waals surface area (Å²) >= 11 is 0. The zero-order valence-corrected chi connectivity index (χ0v) is 8.83. The van der Waals surface area contributed by atoms with E-state index in [1.807, 2.05) is 0 Å². The lowest BCUT2D eigenvalue weighted by Crippen LogP contribution is -2.30. The molecule has 17 heavy (non-hydrogen) atoms. The molecule has 0 unspecified atom stereocenters. The van der Waals surface area contributed by atoms with Crippen LogP contribution in [0.2, 0.25) is 0 Å². The van der Waals surface area contributed by atoms with Crippen molar-refractivity contribution >= 4 is 11.9 Å². The molecule has 6 nitrogen and oxygen atoms in total. The number of rotatable bonds is 5. The molecule has 0 radical (unpaired) electrons. The highest BCUT2D eigenvalue weighted by Crippen LogP contribution is 2.31. The van der Waals surface area contributed by atoms with Crippen molar-refractivity contribution in [1.29, 1.82) is 5.26 Å². The molecule has 0 bridgehead atoms. The van der Waals surface area contributed by atoms with E-state index in [-0.39, 0.29) is 0 Å². The highest BCUT2D eigenvalue weighted by Gasteiger charge is 2.37. The molecule has 0 aromatic carbocycles. The third kappa shape index (κ3) is 3.01. The third-order valence-corrected chi connectivity index (χ3v) is 2.35. The zero-order chi connectivity index (χ0) is 12.9. The Bertz CT molecular complexity index is 448. The summed E-state index contributed by atoms with van der Waals surface area (Å²) in [6, 6.07) is 4.71. The molecule has 1 rings (SSSR count). The maximum atomic E-state index is 10.8. The van der Waals surface area contributed by atoms with E-state index in [9.17, 15) is 9.59 Å². The van der Waals surface area contributed by atoms with Crippen molar-refractivity contribution in [2.24, 2.45) is 0 Å². The first-order valence-corrected chi connectivity index (χ1v) is 4.75. The standard InChI is InChI=1S/C11H10N2O4/c12-7-11(5-9(14)15,6-10(16)17)8-1-3-13-4-2-8/h1-4H,5-6H2,(H,14,15)(H,16,17). The van der Waals surface area contributed by atoms with Gasteiger partial charge in [0, 0.05) is 12.4 Å². The van der Waals surface area contributed by atoms with Crippen LogP contribution >= 0.6 is 0 Å². The quantitative estimate of drug-likeness (QED) is 0.779. The first kappa shape index (κ1) is 12.6.